The number of hydrogen-bond acceptors (Lipinski definition) is 3. The van der Waals surface area contributed by atoms with Crippen LogP contribution in [0.25, 0.3) is 0 Å². The highest BCUT2D eigenvalue weighted by molar-refractivity contribution is 5.36. The highest BCUT2D eigenvalue weighted by Crippen LogP contribution is 2.59. The summed E-state index contributed by atoms with van der Waals surface area (Å²) in [6, 6.07) is 0. The van der Waals surface area contributed by atoms with Gasteiger partial charge in [0.05, 0.1) is 19.8 Å². The Labute approximate surface area is 111 Å². The van der Waals surface area contributed by atoms with Crippen molar-refractivity contribution >= 4 is 0 Å². The quantitative estimate of drug-likeness (QED) is 0.535. The van der Waals surface area contributed by atoms with Gasteiger partial charge in [0, 0.05) is 12.7 Å². The first-order valence-corrected chi connectivity index (χ1v) is 5.65. The lowest BCUT2D eigenvalue weighted by Crippen LogP contribution is -2.49. The molecule has 0 spiro atoms. The van der Waals surface area contributed by atoms with E-state index in [1.54, 1.807) is 0 Å². The molecule has 1 aliphatic carbocycles. The van der Waals surface area contributed by atoms with Crippen LogP contribution in [0.15, 0.2) is 11.3 Å². The fourth-order valence-corrected chi connectivity index (χ4v) is 1.60. The molecule has 1 rings (SSSR count). The lowest BCUT2D eigenvalue weighted by atomic mass is 10.1. The van der Waals surface area contributed by atoms with E-state index in [-0.39, 0.29) is 19.8 Å². The number of rotatable bonds is 7. The van der Waals surface area contributed by atoms with Crippen LogP contribution in [0, 0.1) is 0 Å². The van der Waals surface area contributed by atoms with Gasteiger partial charge in [0.25, 0.3) is 0 Å². The van der Waals surface area contributed by atoms with Gasteiger partial charge in [-0.05, 0) is 6.92 Å². The smallest absolute Gasteiger partial charge is 0.383 e. The van der Waals surface area contributed by atoms with Gasteiger partial charge < -0.3 is 14.2 Å². The average Bonchev–Trinajstić information content (AvgIpc) is 2.43. The summed E-state index contributed by atoms with van der Waals surface area (Å²) < 4.78 is 92.7. The summed E-state index contributed by atoms with van der Waals surface area (Å²) in [6.07, 6.45) is 0. The molecule has 0 saturated carbocycles. The maximum Gasteiger partial charge on any atom is 0.383 e. The fourth-order valence-electron chi connectivity index (χ4n) is 1.60. The van der Waals surface area contributed by atoms with Crippen LogP contribution >= 0.6 is 0 Å². The molecular weight excluding hydrogens is 294 g/mol. The van der Waals surface area contributed by atoms with E-state index in [9.17, 15) is 26.3 Å². The molecule has 0 radical (unpaired) electrons. The summed E-state index contributed by atoms with van der Waals surface area (Å²) in [5.74, 6) is -17.2. The minimum absolute atomic E-state index is 0.139. The van der Waals surface area contributed by atoms with E-state index in [1.165, 1.54) is 7.11 Å². The topological polar surface area (TPSA) is 27.7 Å². The number of hydrogen-bond donors (Lipinski definition) is 0. The van der Waals surface area contributed by atoms with Gasteiger partial charge in [-0.2, -0.15) is 26.3 Å². The first kappa shape index (κ1) is 17.1. The maximum atomic E-state index is 13.3. The van der Waals surface area contributed by atoms with Crippen molar-refractivity contribution in [3.8, 4) is 0 Å². The van der Waals surface area contributed by atoms with Gasteiger partial charge in [0.15, 0.2) is 5.76 Å². The molecule has 0 aromatic heterocycles. The summed E-state index contributed by atoms with van der Waals surface area (Å²) in [5.41, 5.74) is -1.47. The largest absolute Gasteiger partial charge is 0.489 e. The van der Waals surface area contributed by atoms with Gasteiger partial charge >= 0.3 is 17.8 Å². The third kappa shape index (κ3) is 2.60. The minimum atomic E-state index is -5.50. The second kappa shape index (κ2) is 5.80. The molecule has 0 saturated heterocycles. The molecule has 0 heterocycles. The molecule has 0 N–H and O–H groups in total. The highest BCUT2D eigenvalue weighted by atomic mass is 19.3. The molecule has 9 heteroatoms. The Morgan fingerprint density at radius 1 is 0.850 bits per heavy atom. The summed E-state index contributed by atoms with van der Waals surface area (Å²) in [7, 11) is 1.41. The Balaban J connectivity index is 2.67. The summed E-state index contributed by atoms with van der Waals surface area (Å²) >= 11 is 0. The van der Waals surface area contributed by atoms with Crippen molar-refractivity contribution in [3.05, 3.63) is 11.3 Å². The SMILES string of the molecule is COCCOCCOC1=C(C)C(F)(F)C(F)(F)C1(F)F. The summed E-state index contributed by atoms with van der Waals surface area (Å²) in [6.45, 7) is 0.121. The highest BCUT2D eigenvalue weighted by Gasteiger charge is 2.80. The third-order valence-electron chi connectivity index (χ3n) is 2.79. The van der Waals surface area contributed by atoms with Gasteiger partial charge in [-0.3, -0.25) is 0 Å². The van der Waals surface area contributed by atoms with Crippen molar-refractivity contribution in [2.75, 3.05) is 33.5 Å². The van der Waals surface area contributed by atoms with E-state index < -0.39 is 35.7 Å². The summed E-state index contributed by atoms with van der Waals surface area (Å²) in [4.78, 5) is 0. The predicted molar refractivity (Wildman–Crippen MR) is 56.2 cm³/mol. The number of allylic oxidation sites excluding steroid dienone is 2. The zero-order chi connectivity index (χ0) is 15.6. The van der Waals surface area contributed by atoms with Crippen molar-refractivity contribution in [2.24, 2.45) is 0 Å². The van der Waals surface area contributed by atoms with Crippen LogP contribution < -0.4 is 0 Å². The predicted octanol–water partition coefficient (Wildman–Crippen LogP) is 2.86. The average molecular weight is 308 g/mol. The van der Waals surface area contributed by atoms with E-state index in [4.69, 9.17) is 4.74 Å². The molecule has 0 fully saturated rings. The van der Waals surface area contributed by atoms with Crippen LogP contribution in [0.1, 0.15) is 6.92 Å². The maximum absolute atomic E-state index is 13.3. The van der Waals surface area contributed by atoms with Gasteiger partial charge in [-0.1, -0.05) is 0 Å². The standard InChI is InChI=1S/C11H14F6O3/c1-7-8(20-6-5-19-4-3-18-2)10(14,15)11(16,17)9(7,12)13/h3-6H2,1-2H3. The number of halogens is 6. The van der Waals surface area contributed by atoms with Crippen molar-refractivity contribution < 1.29 is 40.6 Å². The van der Waals surface area contributed by atoms with E-state index in [1.807, 2.05) is 0 Å². The van der Waals surface area contributed by atoms with Gasteiger partial charge in [-0.25, -0.2) is 0 Å². The van der Waals surface area contributed by atoms with Crippen LogP contribution in [0.5, 0.6) is 0 Å². The Bertz CT molecular complexity index is 380. The second-order valence-corrected chi connectivity index (χ2v) is 4.13. The van der Waals surface area contributed by atoms with E-state index >= 15 is 0 Å². The third-order valence-corrected chi connectivity index (χ3v) is 2.79. The van der Waals surface area contributed by atoms with Gasteiger partial charge in [0.1, 0.15) is 6.61 Å². The molecule has 0 aromatic carbocycles. The van der Waals surface area contributed by atoms with Crippen LogP contribution in [-0.4, -0.2) is 51.3 Å². The Morgan fingerprint density at radius 3 is 1.85 bits per heavy atom. The van der Waals surface area contributed by atoms with E-state index in [0.29, 0.717) is 6.92 Å². The first-order valence-electron chi connectivity index (χ1n) is 5.65. The van der Waals surface area contributed by atoms with Crippen molar-refractivity contribution in [3.63, 3.8) is 0 Å². The number of ether oxygens (including phenoxy) is 3. The monoisotopic (exact) mass is 308 g/mol. The Hall–Kier alpha value is -0.960. The Morgan fingerprint density at radius 2 is 1.40 bits per heavy atom. The number of methoxy groups -OCH3 is 1. The molecule has 1 aliphatic rings. The summed E-state index contributed by atoms with van der Waals surface area (Å²) in [5, 5.41) is 0. The van der Waals surface area contributed by atoms with Crippen molar-refractivity contribution in [1.82, 2.24) is 0 Å². The lowest BCUT2D eigenvalue weighted by molar-refractivity contribution is -0.271. The van der Waals surface area contributed by atoms with Crippen molar-refractivity contribution in [1.29, 1.82) is 0 Å². The van der Waals surface area contributed by atoms with Crippen LogP contribution in [-0.2, 0) is 14.2 Å². The van der Waals surface area contributed by atoms with Crippen molar-refractivity contribution in [2.45, 2.75) is 24.7 Å². The van der Waals surface area contributed by atoms with E-state index in [2.05, 4.69) is 9.47 Å². The molecule has 0 unspecified atom stereocenters. The normalized spacial score (nSPS) is 23.2. The molecule has 118 valence electrons. The zero-order valence-electron chi connectivity index (χ0n) is 10.8. The van der Waals surface area contributed by atoms with Gasteiger partial charge in [-0.15, -0.1) is 0 Å². The second-order valence-electron chi connectivity index (χ2n) is 4.13. The lowest BCUT2D eigenvalue weighted by Gasteiger charge is -2.24. The van der Waals surface area contributed by atoms with Crippen LogP contribution in [0.4, 0.5) is 26.3 Å². The molecule has 0 aromatic rings. The molecule has 0 aliphatic heterocycles. The molecule has 3 nitrogen and oxygen atoms in total. The number of alkyl halides is 6. The first-order chi connectivity index (χ1) is 9.10. The van der Waals surface area contributed by atoms with Crippen LogP contribution in [0.2, 0.25) is 0 Å². The molecule has 0 amide bonds. The zero-order valence-corrected chi connectivity index (χ0v) is 10.8. The molecule has 0 bridgehead atoms. The van der Waals surface area contributed by atoms with Crippen LogP contribution in [0.3, 0.4) is 0 Å². The fraction of sp³-hybridized carbons (Fsp3) is 0.818. The Kier molecular flexibility index (Phi) is 4.96. The molecule has 0 atom stereocenters. The molecule has 20 heavy (non-hydrogen) atoms. The van der Waals surface area contributed by atoms with Gasteiger partial charge in [0.2, 0.25) is 0 Å². The molecular formula is C11H14F6O3. The minimum Gasteiger partial charge on any atom is -0.489 e. The van der Waals surface area contributed by atoms with E-state index in [0.717, 1.165) is 0 Å².